The normalized spacial score (nSPS) is 32.1. The number of likely N-dealkylation sites (tertiary alicyclic amines) is 1. The highest BCUT2D eigenvalue weighted by Gasteiger charge is 2.29. The summed E-state index contributed by atoms with van der Waals surface area (Å²) in [4.78, 5) is 5.18. The third kappa shape index (κ3) is 3.65. The van der Waals surface area contributed by atoms with Crippen LogP contribution < -0.4 is 5.32 Å². The molecule has 2 aliphatic heterocycles. The van der Waals surface area contributed by atoms with Gasteiger partial charge in [0.15, 0.2) is 0 Å². The van der Waals surface area contributed by atoms with Crippen LogP contribution in [0.2, 0.25) is 0 Å². The summed E-state index contributed by atoms with van der Waals surface area (Å²) < 4.78 is 5.38. The minimum atomic E-state index is 0.739. The van der Waals surface area contributed by atoms with E-state index in [1.807, 2.05) is 0 Å². The number of nitrogens with one attached hydrogen (secondary N) is 1. The van der Waals surface area contributed by atoms with Gasteiger partial charge in [-0.1, -0.05) is 0 Å². The molecule has 0 radical (unpaired) electrons. The summed E-state index contributed by atoms with van der Waals surface area (Å²) in [6, 6.07) is 0.739. The molecule has 4 nitrogen and oxygen atoms in total. The first kappa shape index (κ1) is 13.3. The van der Waals surface area contributed by atoms with Crippen molar-refractivity contribution in [1.82, 2.24) is 15.1 Å². The Morgan fingerprint density at radius 1 is 1.18 bits per heavy atom. The molecule has 0 saturated carbocycles. The Labute approximate surface area is 105 Å². The van der Waals surface area contributed by atoms with E-state index in [1.165, 1.54) is 26.1 Å². The van der Waals surface area contributed by atoms with Crippen molar-refractivity contribution in [3.63, 3.8) is 0 Å². The SMILES string of the molecule is CNCC1CCN(CCN2CCOCC2)C1C. The van der Waals surface area contributed by atoms with Crippen LogP contribution in [-0.2, 0) is 4.74 Å². The van der Waals surface area contributed by atoms with Crippen molar-refractivity contribution in [3.8, 4) is 0 Å². The van der Waals surface area contributed by atoms with Crippen molar-refractivity contribution in [2.24, 2.45) is 5.92 Å². The van der Waals surface area contributed by atoms with E-state index in [1.54, 1.807) is 0 Å². The molecule has 2 saturated heterocycles. The van der Waals surface area contributed by atoms with Gasteiger partial charge in [-0.25, -0.2) is 0 Å². The van der Waals surface area contributed by atoms with Crippen LogP contribution in [0.25, 0.3) is 0 Å². The lowest BCUT2D eigenvalue weighted by Crippen LogP contribution is -2.43. The van der Waals surface area contributed by atoms with Crippen LogP contribution in [0.1, 0.15) is 13.3 Å². The fourth-order valence-electron chi connectivity index (χ4n) is 3.02. The van der Waals surface area contributed by atoms with E-state index in [2.05, 4.69) is 29.1 Å². The van der Waals surface area contributed by atoms with Gasteiger partial charge < -0.3 is 10.1 Å². The zero-order chi connectivity index (χ0) is 12.1. The van der Waals surface area contributed by atoms with Crippen LogP contribution in [0.5, 0.6) is 0 Å². The van der Waals surface area contributed by atoms with Crippen molar-refractivity contribution in [3.05, 3.63) is 0 Å². The minimum absolute atomic E-state index is 0.739. The Balaban J connectivity index is 1.68. The van der Waals surface area contributed by atoms with Gasteiger partial charge in [0.05, 0.1) is 13.2 Å². The van der Waals surface area contributed by atoms with Crippen LogP contribution in [0.4, 0.5) is 0 Å². The summed E-state index contributed by atoms with van der Waals surface area (Å²) in [6.07, 6.45) is 1.35. The molecule has 2 fully saturated rings. The summed E-state index contributed by atoms with van der Waals surface area (Å²) in [7, 11) is 2.06. The van der Waals surface area contributed by atoms with Gasteiger partial charge >= 0.3 is 0 Å². The van der Waals surface area contributed by atoms with Crippen LogP contribution in [0, 0.1) is 5.92 Å². The molecule has 2 heterocycles. The fraction of sp³-hybridized carbons (Fsp3) is 1.00. The van der Waals surface area contributed by atoms with Gasteiger partial charge in [-0.3, -0.25) is 9.80 Å². The maximum Gasteiger partial charge on any atom is 0.0594 e. The lowest BCUT2D eigenvalue weighted by Gasteiger charge is -2.30. The molecule has 0 aliphatic carbocycles. The first-order chi connectivity index (χ1) is 8.31. The van der Waals surface area contributed by atoms with Crippen molar-refractivity contribution in [2.75, 3.05) is 59.5 Å². The van der Waals surface area contributed by atoms with Gasteiger partial charge in [0, 0.05) is 32.2 Å². The highest BCUT2D eigenvalue weighted by atomic mass is 16.5. The van der Waals surface area contributed by atoms with Gasteiger partial charge in [0.25, 0.3) is 0 Å². The molecular formula is C13H27N3O. The maximum absolute atomic E-state index is 5.38. The monoisotopic (exact) mass is 241 g/mol. The molecule has 0 aromatic carbocycles. The van der Waals surface area contributed by atoms with Crippen LogP contribution in [-0.4, -0.2) is 75.4 Å². The van der Waals surface area contributed by atoms with Crippen LogP contribution in [0.3, 0.4) is 0 Å². The van der Waals surface area contributed by atoms with E-state index in [0.717, 1.165) is 44.8 Å². The molecule has 0 bridgehead atoms. The van der Waals surface area contributed by atoms with Crippen LogP contribution in [0.15, 0.2) is 0 Å². The highest BCUT2D eigenvalue weighted by Crippen LogP contribution is 2.23. The zero-order valence-corrected chi connectivity index (χ0v) is 11.3. The van der Waals surface area contributed by atoms with Crippen LogP contribution >= 0.6 is 0 Å². The molecule has 2 aliphatic rings. The largest absolute Gasteiger partial charge is 0.379 e. The molecule has 2 atom stereocenters. The van der Waals surface area contributed by atoms with Gasteiger partial charge in [0.1, 0.15) is 0 Å². The van der Waals surface area contributed by atoms with E-state index >= 15 is 0 Å². The van der Waals surface area contributed by atoms with Gasteiger partial charge in [-0.15, -0.1) is 0 Å². The Morgan fingerprint density at radius 3 is 2.65 bits per heavy atom. The second-order valence-electron chi connectivity index (χ2n) is 5.34. The number of rotatable bonds is 5. The van der Waals surface area contributed by atoms with Crippen molar-refractivity contribution < 1.29 is 4.74 Å². The fourth-order valence-corrected chi connectivity index (χ4v) is 3.02. The molecule has 2 unspecified atom stereocenters. The Hall–Kier alpha value is -0.160. The zero-order valence-electron chi connectivity index (χ0n) is 11.3. The standard InChI is InChI=1S/C13H27N3O/c1-12-13(11-14-2)3-4-16(12)6-5-15-7-9-17-10-8-15/h12-14H,3-11H2,1-2H3. The Morgan fingerprint density at radius 2 is 1.94 bits per heavy atom. The number of hydrogen-bond donors (Lipinski definition) is 1. The second kappa shape index (κ2) is 6.69. The smallest absolute Gasteiger partial charge is 0.0594 e. The second-order valence-corrected chi connectivity index (χ2v) is 5.34. The van der Waals surface area contributed by atoms with Crippen molar-refractivity contribution in [2.45, 2.75) is 19.4 Å². The molecule has 0 amide bonds. The van der Waals surface area contributed by atoms with E-state index in [-0.39, 0.29) is 0 Å². The molecular weight excluding hydrogens is 214 g/mol. The summed E-state index contributed by atoms with van der Waals surface area (Å²) in [5.41, 5.74) is 0. The summed E-state index contributed by atoms with van der Waals surface area (Å²) in [5, 5.41) is 3.31. The number of hydrogen-bond acceptors (Lipinski definition) is 4. The predicted octanol–water partition coefficient (Wildman–Crippen LogP) is 0.248. The third-order valence-corrected chi connectivity index (χ3v) is 4.32. The van der Waals surface area contributed by atoms with E-state index in [0.29, 0.717) is 0 Å². The quantitative estimate of drug-likeness (QED) is 0.747. The average Bonchev–Trinajstić information content (AvgIpc) is 2.70. The van der Waals surface area contributed by atoms with E-state index < -0.39 is 0 Å². The molecule has 17 heavy (non-hydrogen) atoms. The number of morpholine rings is 1. The molecule has 0 aromatic heterocycles. The van der Waals surface area contributed by atoms with Crippen molar-refractivity contribution >= 4 is 0 Å². The topological polar surface area (TPSA) is 27.7 Å². The average molecular weight is 241 g/mol. The minimum Gasteiger partial charge on any atom is -0.379 e. The lowest BCUT2D eigenvalue weighted by atomic mass is 10.0. The first-order valence-electron chi connectivity index (χ1n) is 7.00. The summed E-state index contributed by atoms with van der Waals surface area (Å²) in [6.45, 7) is 11.3. The molecule has 2 rings (SSSR count). The van der Waals surface area contributed by atoms with Crippen molar-refractivity contribution in [1.29, 1.82) is 0 Å². The van der Waals surface area contributed by atoms with Gasteiger partial charge in [-0.05, 0) is 39.4 Å². The first-order valence-corrected chi connectivity index (χ1v) is 7.00. The molecule has 1 N–H and O–H groups in total. The number of ether oxygens (including phenoxy) is 1. The molecule has 0 spiro atoms. The highest BCUT2D eigenvalue weighted by molar-refractivity contribution is 4.85. The van der Waals surface area contributed by atoms with Gasteiger partial charge in [-0.2, -0.15) is 0 Å². The lowest BCUT2D eigenvalue weighted by molar-refractivity contribution is 0.0326. The summed E-state index contributed by atoms with van der Waals surface area (Å²) >= 11 is 0. The third-order valence-electron chi connectivity index (χ3n) is 4.32. The molecule has 100 valence electrons. The molecule has 0 aromatic rings. The predicted molar refractivity (Wildman–Crippen MR) is 70.3 cm³/mol. The summed E-state index contributed by atoms with van der Waals surface area (Å²) in [5.74, 6) is 0.838. The molecule has 4 heteroatoms. The van der Waals surface area contributed by atoms with E-state index in [4.69, 9.17) is 4.74 Å². The maximum atomic E-state index is 5.38. The van der Waals surface area contributed by atoms with Gasteiger partial charge in [0.2, 0.25) is 0 Å². The Kier molecular flexibility index (Phi) is 5.22. The number of nitrogens with zero attached hydrogens (tertiary/aromatic N) is 2. The Bertz CT molecular complexity index is 219. The van der Waals surface area contributed by atoms with E-state index in [9.17, 15) is 0 Å².